The first-order chi connectivity index (χ1) is 7.76. The molecule has 0 aromatic carbocycles. The highest BCUT2D eigenvalue weighted by Crippen LogP contribution is 2.07. The van der Waals surface area contributed by atoms with Gasteiger partial charge in [0.05, 0.1) is 7.11 Å². The average molecular weight is 224 g/mol. The van der Waals surface area contributed by atoms with Gasteiger partial charge in [0, 0.05) is 31.5 Å². The second kappa shape index (κ2) is 7.19. The monoisotopic (exact) mass is 224 g/mol. The molecule has 0 aliphatic rings. The highest BCUT2D eigenvalue weighted by molar-refractivity contribution is 5.17. The highest BCUT2D eigenvalue weighted by atomic mass is 16.5. The van der Waals surface area contributed by atoms with E-state index in [2.05, 4.69) is 17.2 Å². The molecule has 1 unspecified atom stereocenters. The topological polar surface area (TPSA) is 54.4 Å². The summed E-state index contributed by atoms with van der Waals surface area (Å²) >= 11 is 0. The molecule has 90 valence electrons. The number of hydrogen-bond donors (Lipinski definition) is 2. The van der Waals surface area contributed by atoms with Crippen LogP contribution in [-0.4, -0.2) is 29.8 Å². The summed E-state index contributed by atoms with van der Waals surface area (Å²) in [5.41, 5.74) is 1.14. The predicted octanol–water partition coefficient (Wildman–Crippen LogP) is 1.34. The summed E-state index contributed by atoms with van der Waals surface area (Å²) in [5.74, 6) is 0.636. The summed E-state index contributed by atoms with van der Waals surface area (Å²) in [5, 5.41) is 12.1. The molecule has 1 heterocycles. The molecule has 16 heavy (non-hydrogen) atoms. The zero-order valence-electron chi connectivity index (χ0n) is 9.94. The number of nitrogens with zero attached hydrogens (tertiary/aromatic N) is 1. The van der Waals surface area contributed by atoms with Gasteiger partial charge in [-0.2, -0.15) is 0 Å². The number of pyridine rings is 1. The number of methoxy groups -OCH3 is 1. The van der Waals surface area contributed by atoms with Crippen LogP contribution >= 0.6 is 0 Å². The molecule has 0 radical (unpaired) electrons. The van der Waals surface area contributed by atoms with Crippen LogP contribution in [0.25, 0.3) is 0 Å². The van der Waals surface area contributed by atoms with E-state index in [1.165, 1.54) is 0 Å². The third-order valence-corrected chi connectivity index (χ3v) is 2.46. The van der Waals surface area contributed by atoms with Crippen LogP contribution in [-0.2, 0) is 6.54 Å². The van der Waals surface area contributed by atoms with Gasteiger partial charge in [-0.05, 0) is 25.3 Å². The quantitative estimate of drug-likeness (QED) is 0.734. The fourth-order valence-corrected chi connectivity index (χ4v) is 1.43. The molecule has 4 nitrogen and oxygen atoms in total. The zero-order chi connectivity index (χ0) is 11.8. The first-order valence-corrected chi connectivity index (χ1v) is 5.59. The Hall–Kier alpha value is -1.13. The van der Waals surface area contributed by atoms with E-state index in [0.29, 0.717) is 11.9 Å². The highest BCUT2D eigenvalue weighted by Gasteiger charge is 2.01. The third-order valence-electron chi connectivity index (χ3n) is 2.46. The maximum atomic E-state index is 8.71. The van der Waals surface area contributed by atoms with E-state index in [9.17, 15) is 0 Å². The minimum Gasteiger partial charge on any atom is -0.481 e. The standard InChI is InChI=1S/C12H20N2O2/c1-10(4-3-7-15)13-8-11-5-6-12(16-2)14-9-11/h5-6,9-10,13,15H,3-4,7-8H2,1-2H3. The lowest BCUT2D eigenvalue weighted by atomic mass is 10.2. The average Bonchev–Trinajstić information content (AvgIpc) is 2.34. The molecule has 1 atom stereocenters. The lowest BCUT2D eigenvalue weighted by Crippen LogP contribution is -2.25. The second-order valence-electron chi connectivity index (χ2n) is 3.86. The zero-order valence-corrected chi connectivity index (χ0v) is 9.94. The Kier molecular flexibility index (Phi) is 5.82. The number of aliphatic hydroxyl groups excluding tert-OH is 1. The van der Waals surface area contributed by atoms with Gasteiger partial charge >= 0.3 is 0 Å². The van der Waals surface area contributed by atoms with Crippen molar-refractivity contribution in [3.8, 4) is 5.88 Å². The van der Waals surface area contributed by atoms with Gasteiger partial charge in [0.25, 0.3) is 0 Å². The van der Waals surface area contributed by atoms with Gasteiger partial charge in [-0.15, -0.1) is 0 Å². The summed E-state index contributed by atoms with van der Waals surface area (Å²) in [6.45, 7) is 3.17. The van der Waals surface area contributed by atoms with E-state index < -0.39 is 0 Å². The normalized spacial score (nSPS) is 12.4. The smallest absolute Gasteiger partial charge is 0.212 e. The van der Waals surface area contributed by atoms with Crippen molar-refractivity contribution in [1.29, 1.82) is 0 Å². The fraction of sp³-hybridized carbons (Fsp3) is 0.583. The summed E-state index contributed by atoms with van der Waals surface area (Å²) in [6, 6.07) is 4.27. The van der Waals surface area contributed by atoms with E-state index in [1.54, 1.807) is 7.11 Å². The van der Waals surface area contributed by atoms with E-state index in [0.717, 1.165) is 24.9 Å². The second-order valence-corrected chi connectivity index (χ2v) is 3.86. The van der Waals surface area contributed by atoms with Crippen LogP contribution in [0.3, 0.4) is 0 Å². The van der Waals surface area contributed by atoms with Crippen molar-refractivity contribution in [1.82, 2.24) is 10.3 Å². The van der Waals surface area contributed by atoms with Crippen LogP contribution in [0.5, 0.6) is 5.88 Å². The molecular formula is C12H20N2O2. The maximum Gasteiger partial charge on any atom is 0.212 e. The van der Waals surface area contributed by atoms with Crippen LogP contribution in [0.4, 0.5) is 0 Å². The number of ether oxygens (including phenoxy) is 1. The molecule has 1 aromatic heterocycles. The minimum atomic E-state index is 0.260. The van der Waals surface area contributed by atoms with Gasteiger partial charge in [0.15, 0.2) is 0 Å². The number of aliphatic hydroxyl groups is 1. The molecular weight excluding hydrogens is 204 g/mol. The molecule has 0 aliphatic carbocycles. The largest absolute Gasteiger partial charge is 0.481 e. The summed E-state index contributed by atoms with van der Waals surface area (Å²) in [4.78, 5) is 4.14. The van der Waals surface area contributed by atoms with Gasteiger partial charge in [-0.3, -0.25) is 0 Å². The summed E-state index contributed by atoms with van der Waals surface area (Å²) in [6.07, 6.45) is 3.64. The predicted molar refractivity (Wildman–Crippen MR) is 63.4 cm³/mol. The number of nitrogens with one attached hydrogen (secondary N) is 1. The van der Waals surface area contributed by atoms with Crippen LogP contribution in [0.15, 0.2) is 18.3 Å². The van der Waals surface area contributed by atoms with E-state index >= 15 is 0 Å². The number of rotatable bonds is 7. The fourth-order valence-electron chi connectivity index (χ4n) is 1.43. The van der Waals surface area contributed by atoms with Gasteiger partial charge < -0.3 is 15.2 Å². The van der Waals surface area contributed by atoms with Crippen LogP contribution in [0.2, 0.25) is 0 Å². The first-order valence-electron chi connectivity index (χ1n) is 5.59. The molecule has 1 rings (SSSR count). The number of hydrogen-bond acceptors (Lipinski definition) is 4. The Bertz CT molecular complexity index is 288. The van der Waals surface area contributed by atoms with Crippen LogP contribution in [0.1, 0.15) is 25.3 Å². The molecule has 1 aromatic rings. The molecule has 0 aliphatic heterocycles. The lowest BCUT2D eigenvalue weighted by Gasteiger charge is -2.12. The van der Waals surface area contributed by atoms with Crippen molar-refractivity contribution in [2.75, 3.05) is 13.7 Å². The number of aromatic nitrogens is 1. The summed E-state index contributed by atoms with van der Waals surface area (Å²) in [7, 11) is 1.61. The van der Waals surface area contributed by atoms with Gasteiger partial charge in [0.2, 0.25) is 5.88 Å². The van der Waals surface area contributed by atoms with Crippen molar-refractivity contribution in [2.24, 2.45) is 0 Å². The molecule has 0 fully saturated rings. The van der Waals surface area contributed by atoms with E-state index in [1.807, 2.05) is 18.3 Å². The van der Waals surface area contributed by atoms with E-state index in [4.69, 9.17) is 9.84 Å². The van der Waals surface area contributed by atoms with Gasteiger partial charge in [-0.25, -0.2) is 4.98 Å². The van der Waals surface area contributed by atoms with E-state index in [-0.39, 0.29) is 6.61 Å². The Morgan fingerprint density at radius 2 is 2.31 bits per heavy atom. The van der Waals surface area contributed by atoms with Crippen LogP contribution < -0.4 is 10.1 Å². The van der Waals surface area contributed by atoms with Crippen LogP contribution in [0, 0.1) is 0 Å². The van der Waals surface area contributed by atoms with Gasteiger partial charge in [-0.1, -0.05) is 6.07 Å². The molecule has 0 bridgehead atoms. The Labute approximate surface area is 96.7 Å². The molecule has 2 N–H and O–H groups in total. The Balaban J connectivity index is 2.30. The van der Waals surface area contributed by atoms with Crippen molar-refractivity contribution < 1.29 is 9.84 Å². The molecule has 0 amide bonds. The summed E-state index contributed by atoms with van der Waals surface area (Å²) < 4.78 is 4.99. The van der Waals surface area contributed by atoms with Gasteiger partial charge in [0.1, 0.15) is 0 Å². The van der Waals surface area contributed by atoms with Crippen molar-refractivity contribution in [3.05, 3.63) is 23.9 Å². The Morgan fingerprint density at radius 3 is 2.88 bits per heavy atom. The minimum absolute atomic E-state index is 0.260. The molecule has 0 saturated carbocycles. The molecule has 4 heteroatoms. The first kappa shape index (κ1) is 12.9. The Morgan fingerprint density at radius 1 is 1.50 bits per heavy atom. The molecule has 0 spiro atoms. The van der Waals surface area contributed by atoms with Crippen molar-refractivity contribution in [2.45, 2.75) is 32.4 Å². The van der Waals surface area contributed by atoms with Crippen molar-refractivity contribution >= 4 is 0 Å². The lowest BCUT2D eigenvalue weighted by molar-refractivity contribution is 0.276. The SMILES string of the molecule is COc1ccc(CNC(C)CCCO)cn1. The maximum absolute atomic E-state index is 8.71. The van der Waals surface area contributed by atoms with Crippen molar-refractivity contribution in [3.63, 3.8) is 0 Å². The molecule has 0 saturated heterocycles. The third kappa shape index (κ3) is 4.59.